The van der Waals surface area contributed by atoms with Gasteiger partial charge in [0.25, 0.3) is 6.01 Å². The van der Waals surface area contributed by atoms with Gasteiger partial charge < -0.3 is 14.1 Å². The molecule has 1 atom stereocenters. The first-order valence-corrected chi connectivity index (χ1v) is 7.49. The standard InChI is InChI=1S/C16H20N2O3/c1-3-20-15(19)13-6-4-5-9-18(13)16-17-12-10-11(2)7-8-14(12)21-16/h7-8,10,13H,3-6,9H2,1-2H3/t13-/m0/s1. The predicted octanol–water partition coefficient (Wildman–Crippen LogP) is 3.06. The number of piperidine rings is 1. The Morgan fingerprint density at radius 1 is 1.48 bits per heavy atom. The lowest BCUT2D eigenvalue weighted by Gasteiger charge is -2.32. The molecule has 0 aliphatic carbocycles. The smallest absolute Gasteiger partial charge is 0.328 e. The number of carbonyl (C=O) groups excluding carboxylic acids is 1. The summed E-state index contributed by atoms with van der Waals surface area (Å²) in [6.45, 7) is 5.02. The number of ether oxygens (including phenoxy) is 1. The van der Waals surface area contributed by atoms with Crippen molar-refractivity contribution in [2.45, 2.75) is 39.2 Å². The van der Waals surface area contributed by atoms with Crippen LogP contribution in [-0.2, 0) is 9.53 Å². The molecule has 5 nitrogen and oxygen atoms in total. The van der Waals surface area contributed by atoms with Crippen LogP contribution in [0.15, 0.2) is 22.6 Å². The van der Waals surface area contributed by atoms with Crippen molar-refractivity contribution in [1.29, 1.82) is 0 Å². The van der Waals surface area contributed by atoms with Gasteiger partial charge in [-0.1, -0.05) is 6.07 Å². The molecule has 1 aliphatic heterocycles. The van der Waals surface area contributed by atoms with E-state index in [1.54, 1.807) is 0 Å². The summed E-state index contributed by atoms with van der Waals surface area (Å²) in [4.78, 5) is 18.6. The van der Waals surface area contributed by atoms with Crippen LogP contribution in [0.1, 0.15) is 31.7 Å². The molecule has 0 bridgehead atoms. The van der Waals surface area contributed by atoms with E-state index in [0.717, 1.165) is 42.5 Å². The van der Waals surface area contributed by atoms with Crippen molar-refractivity contribution >= 4 is 23.1 Å². The van der Waals surface area contributed by atoms with E-state index in [2.05, 4.69) is 4.98 Å². The van der Waals surface area contributed by atoms with E-state index >= 15 is 0 Å². The number of carbonyl (C=O) groups is 1. The fraction of sp³-hybridized carbons (Fsp3) is 0.500. The highest BCUT2D eigenvalue weighted by Gasteiger charge is 2.32. The van der Waals surface area contributed by atoms with Crippen LogP contribution in [0, 0.1) is 6.92 Å². The third kappa shape index (κ3) is 2.73. The molecule has 21 heavy (non-hydrogen) atoms. The number of anilines is 1. The Kier molecular flexibility index (Phi) is 3.82. The molecule has 1 fully saturated rings. The molecule has 5 heteroatoms. The quantitative estimate of drug-likeness (QED) is 0.812. The van der Waals surface area contributed by atoms with Gasteiger partial charge in [-0.3, -0.25) is 0 Å². The van der Waals surface area contributed by atoms with Gasteiger partial charge in [0.2, 0.25) is 0 Å². The first kappa shape index (κ1) is 13.9. The molecule has 0 spiro atoms. The second-order valence-electron chi connectivity index (χ2n) is 5.42. The summed E-state index contributed by atoms with van der Waals surface area (Å²) < 4.78 is 11.0. The summed E-state index contributed by atoms with van der Waals surface area (Å²) in [5, 5.41) is 0. The minimum absolute atomic E-state index is 0.185. The number of aromatic nitrogens is 1. The number of fused-ring (bicyclic) bond motifs is 1. The van der Waals surface area contributed by atoms with Crippen molar-refractivity contribution in [3.8, 4) is 0 Å². The minimum Gasteiger partial charge on any atom is -0.464 e. The van der Waals surface area contributed by atoms with E-state index in [4.69, 9.17) is 9.15 Å². The van der Waals surface area contributed by atoms with Gasteiger partial charge in [0, 0.05) is 6.54 Å². The average molecular weight is 288 g/mol. The first-order valence-electron chi connectivity index (χ1n) is 7.49. The highest BCUT2D eigenvalue weighted by molar-refractivity contribution is 5.81. The Balaban J connectivity index is 1.92. The number of nitrogens with zero attached hydrogens (tertiary/aromatic N) is 2. The van der Waals surface area contributed by atoms with Gasteiger partial charge in [-0.05, 0) is 50.8 Å². The lowest BCUT2D eigenvalue weighted by atomic mass is 10.0. The topological polar surface area (TPSA) is 55.6 Å². The summed E-state index contributed by atoms with van der Waals surface area (Å²) >= 11 is 0. The molecule has 1 aromatic carbocycles. The lowest BCUT2D eigenvalue weighted by Crippen LogP contribution is -2.45. The van der Waals surface area contributed by atoms with E-state index in [1.807, 2.05) is 36.9 Å². The van der Waals surface area contributed by atoms with Crippen molar-refractivity contribution in [2.75, 3.05) is 18.1 Å². The maximum Gasteiger partial charge on any atom is 0.328 e. The Labute approximate surface area is 123 Å². The fourth-order valence-corrected chi connectivity index (χ4v) is 2.79. The van der Waals surface area contributed by atoms with Crippen molar-refractivity contribution < 1.29 is 13.9 Å². The average Bonchev–Trinajstić information content (AvgIpc) is 2.90. The van der Waals surface area contributed by atoms with Crippen LogP contribution in [0.25, 0.3) is 11.1 Å². The number of oxazole rings is 1. The molecule has 1 saturated heterocycles. The highest BCUT2D eigenvalue weighted by atomic mass is 16.5. The fourth-order valence-electron chi connectivity index (χ4n) is 2.79. The highest BCUT2D eigenvalue weighted by Crippen LogP contribution is 2.28. The van der Waals surface area contributed by atoms with Gasteiger partial charge in [-0.2, -0.15) is 4.98 Å². The molecule has 0 N–H and O–H groups in total. The van der Waals surface area contributed by atoms with Gasteiger partial charge in [0.05, 0.1) is 6.61 Å². The molecule has 1 aromatic heterocycles. The Bertz CT molecular complexity index is 650. The summed E-state index contributed by atoms with van der Waals surface area (Å²) in [5.41, 5.74) is 2.73. The number of esters is 1. The Morgan fingerprint density at radius 2 is 2.33 bits per heavy atom. The van der Waals surface area contributed by atoms with E-state index in [9.17, 15) is 4.79 Å². The third-order valence-electron chi connectivity index (χ3n) is 3.84. The molecule has 0 amide bonds. The van der Waals surface area contributed by atoms with Crippen LogP contribution < -0.4 is 4.90 Å². The van der Waals surface area contributed by atoms with Crippen LogP contribution in [-0.4, -0.2) is 30.1 Å². The summed E-state index contributed by atoms with van der Waals surface area (Å²) in [7, 11) is 0. The normalized spacial score (nSPS) is 19.0. The first-order chi connectivity index (χ1) is 10.2. The molecule has 0 radical (unpaired) electrons. The van der Waals surface area contributed by atoms with Crippen LogP contribution in [0.4, 0.5) is 6.01 Å². The lowest BCUT2D eigenvalue weighted by molar-refractivity contribution is -0.145. The van der Waals surface area contributed by atoms with Crippen LogP contribution in [0.5, 0.6) is 0 Å². The zero-order valence-corrected chi connectivity index (χ0v) is 12.5. The number of aryl methyl sites for hydroxylation is 1. The predicted molar refractivity (Wildman–Crippen MR) is 80.4 cm³/mol. The molecule has 3 rings (SSSR count). The van der Waals surface area contributed by atoms with Gasteiger partial charge in [-0.25, -0.2) is 4.79 Å². The van der Waals surface area contributed by atoms with E-state index in [0.29, 0.717) is 12.6 Å². The molecular weight excluding hydrogens is 268 g/mol. The van der Waals surface area contributed by atoms with Crippen molar-refractivity contribution in [3.63, 3.8) is 0 Å². The zero-order valence-electron chi connectivity index (χ0n) is 12.5. The van der Waals surface area contributed by atoms with Crippen LogP contribution in [0.2, 0.25) is 0 Å². The molecular formula is C16H20N2O3. The van der Waals surface area contributed by atoms with Crippen LogP contribution >= 0.6 is 0 Å². The zero-order chi connectivity index (χ0) is 14.8. The summed E-state index contributed by atoms with van der Waals surface area (Å²) in [5.74, 6) is -0.185. The number of benzene rings is 1. The van der Waals surface area contributed by atoms with Crippen molar-refractivity contribution in [1.82, 2.24) is 4.98 Å². The van der Waals surface area contributed by atoms with Crippen LogP contribution in [0.3, 0.4) is 0 Å². The Hall–Kier alpha value is -2.04. The maximum absolute atomic E-state index is 12.1. The second-order valence-corrected chi connectivity index (χ2v) is 5.42. The number of rotatable bonds is 3. The second kappa shape index (κ2) is 5.76. The monoisotopic (exact) mass is 288 g/mol. The third-order valence-corrected chi connectivity index (χ3v) is 3.84. The minimum atomic E-state index is -0.284. The molecule has 1 aliphatic rings. The van der Waals surface area contributed by atoms with E-state index in [-0.39, 0.29) is 12.0 Å². The van der Waals surface area contributed by atoms with Gasteiger partial charge in [0.1, 0.15) is 11.6 Å². The summed E-state index contributed by atoms with van der Waals surface area (Å²) in [6.07, 6.45) is 2.85. The van der Waals surface area contributed by atoms with Gasteiger partial charge in [0.15, 0.2) is 5.58 Å². The van der Waals surface area contributed by atoms with E-state index < -0.39 is 0 Å². The van der Waals surface area contributed by atoms with Crippen molar-refractivity contribution in [3.05, 3.63) is 23.8 Å². The Morgan fingerprint density at radius 3 is 3.14 bits per heavy atom. The largest absolute Gasteiger partial charge is 0.464 e. The van der Waals surface area contributed by atoms with Crippen molar-refractivity contribution in [2.24, 2.45) is 0 Å². The number of hydrogen-bond acceptors (Lipinski definition) is 5. The molecule has 2 aromatic rings. The van der Waals surface area contributed by atoms with E-state index in [1.165, 1.54) is 0 Å². The molecule has 0 saturated carbocycles. The molecule has 0 unspecified atom stereocenters. The van der Waals surface area contributed by atoms with Gasteiger partial charge in [-0.15, -0.1) is 0 Å². The number of hydrogen-bond donors (Lipinski definition) is 0. The van der Waals surface area contributed by atoms with Gasteiger partial charge >= 0.3 is 5.97 Å². The maximum atomic E-state index is 12.1. The summed E-state index contributed by atoms with van der Waals surface area (Å²) in [6, 6.07) is 6.15. The molecule has 112 valence electrons. The SMILES string of the molecule is CCOC(=O)[C@@H]1CCCCN1c1nc2cc(C)ccc2o1. The molecule has 2 heterocycles.